The van der Waals surface area contributed by atoms with E-state index in [1.807, 2.05) is 31.2 Å². The fourth-order valence-corrected chi connectivity index (χ4v) is 2.71. The number of nitrogens with one attached hydrogen (secondary N) is 1. The fourth-order valence-electron chi connectivity index (χ4n) is 2.71. The third-order valence-corrected chi connectivity index (χ3v) is 4.04. The van der Waals surface area contributed by atoms with Crippen molar-refractivity contribution in [2.24, 2.45) is 0 Å². The number of hydrogen-bond donors (Lipinski definition) is 1. The zero-order valence-electron chi connectivity index (χ0n) is 13.0. The molecule has 2 rings (SSSR count). The molecular weight excluding hydrogens is 282 g/mol. The summed E-state index contributed by atoms with van der Waals surface area (Å²) < 4.78 is 11.1. The summed E-state index contributed by atoms with van der Waals surface area (Å²) in [5, 5.41) is 2.34. The SMILES string of the molecule is Cc1ccc(COC2(C(=O)OCNC=O)CCCCC2)cc1. The van der Waals surface area contributed by atoms with Gasteiger partial charge in [0.25, 0.3) is 0 Å². The van der Waals surface area contributed by atoms with Gasteiger partial charge in [0.2, 0.25) is 6.41 Å². The topological polar surface area (TPSA) is 64.6 Å². The van der Waals surface area contributed by atoms with E-state index in [0.29, 0.717) is 25.9 Å². The van der Waals surface area contributed by atoms with Crippen LogP contribution in [0.5, 0.6) is 0 Å². The molecule has 1 fully saturated rings. The highest BCUT2D eigenvalue weighted by Gasteiger charge is 2.42. The van der Waals surface area contributed by atoms with E-state index in [-0.39, 0.29) is 12.7 Å². The number of esters is 1. The van der Waals surface area contributed by atoms with Gasteiger partial charge in [-0.15, -0.1) is 0 Å². The lowest BCUT2D eigenvalue weighted by atomic mass is 9.84. The minimum atomic E-state index is -0.881. The van der Waals surface area contributed by atoms with Gasteiger partial charge >= 0.3 is 5.97 Å². The molecule has 22 heavy (non-hydrogen) atoms. The van der Waals surface area contributed by atoms with Gasteiger partial charge in [-0.25, -0.2) is 4.79 Å². The molecule has 1 aliphatic carbocycles. The van der Waals surface area contributed by atoms with E-state index in [0.717, 1.165) is 24.8 Å². The smallest absolute Gasteiger partial charge is 0.340 e. The average Bonchev–Trinajstić information content (AvgIpc) is 2.55. The quantitative estimate of drug-likeness (QED) is 0.364. The first-order valence-electron chi connectivity index (χ1n) is 7.70. The summed E-state index contributed by atoms with van der Waals surface area (Å²) >= 11 is 0. The van der Waals surface area contributed by atoms with E-state index in [9.17, 15) is 9.59 Å². The molecule has 0 bridgehead atoms. The number of rotatable bonds is 7. The Morgan fingerprint density at radius 2 is 1.91 bits per heavy atom. The van der Waals surface area contributed by atoms with Crippen LogP contribution in [0.4, 0.5) is 0 Å². The molecule has 0 radical (unpaired) electrons. The summed E-state index contributed by atoms with van der Waals surface area (Å²) in [5.74, 6) is -0.381. The molecule has 1 N–H and O–H groups in total. The highest BCUT2D eigenvalue weighted by atomic mass is 16.6. The summed E-state index contributed by atoms with van der Waals surface area (Å²) in [6.07, 6.45) is 4.84. The number of carbonyl (C=O) groups is 2. The molecule has 0 atom stereocenters. The molecule has 1 aromatic carbocycles. The first-order chi connectivity index (χ1) is 10.7. The second-order valence-electron chi connectivity index (χ2n) is 5.73. The van der Waals surface area contributed by atoms with Gasteiger partial charge in [-0.2, -0.15) is 0 Å². The first kappa shape index (κ1) is 16.5. The van der Waals surface area contributed by atoms with Crippen LogP contribution in [-0.2, 0) is 25.7 Å². The molecule has 0 saturated heterocycles. The number of carbonyl (C=O) groups excluding carboxylic acids is 2. The average molecular weight is 305 g/mol. The lowest BCUT2D eigenvalue weighted by Gasteiger charge is -2.34. The minimum Gasteiger partial charge on any atom is -0.442 e. The molecular formula is C17H23NO4. The van der Waals surface area contributed by atoms with E-state index >= 15 is 0 Å². The molecule has 5 heteroatoms. The number of benzene rings is 1. The Morgan fingerprint density at radius 3 is 2.55 bits per heavy atom. The molecule has 0 unspecified atom stereocenters. The predicted octanol–water partition coefficient (Wildman–Crippen LogP) is 2.46. The van der Waals surface area contributed by atoms with Gasteiger partial charge < -0.3 is 14.8 Å². The molecule has 1 amide bonds. The standard InChI is InChI=1S/C17H23NO4/c1-14-5-7-15(8-6-14)11-22-17(9-3-2-4-10-17)16(20)21-13-18-12-19/h5-8,12H,2-4,9-11,13H2,1H3,(H,18,19). The maximum absolute atomic E-state index is 12.4. The van der Waals surface area contributed by atoms with E-state index in [1.54, 1.807) is 0 Å². The van der Waals surface area contributed by atoms with Crippen LogP contribution >= 0.6 is 0 Å². The molecule has 1 saturated carbocycles. The number of ether oxygens (including phenoxy) is 2. The molecule has 5 nitrogen and oxygen atoms in total. The summed E-state index contributed by atoms with van der Waals surface area (Å²) in [6, 6.07) is 8.06. The van der Waals surface area contributed by atoms with Crippen molar-refractivity contribution in [2.75, 3.05) is 6.73 Å². The van der Waals surface area contributed by atoms with Crippen LogP contribution in [-0.4, -0.2) is 24.7 Å². The van der Waals surface area contributed by atoms with Crippen molar-refractivity contribution < 1.29 is 19.1 Å². The number of hydrogen-bond acceptors (Lipinski definition) is 4. The predicted molar refractivity (Wildman–Crippen MR) is 81.9 cm³/mol. The maximum atomic E-state index is 12.4. The summed E-state index contributed by atoms with van der Waals surface area (Å²) in [6.45, 7) is 2.30. The van der Waals surface area contributed by atoms with Crippen molar-refractivity contribution in [1.29, 1.82) is 0 Å². The van der Waals surface area contributed by atoms with Gasteiger partial charge in [0.05, 0.1) is 6.61 Å². The Kier molecular flexibility index (Phi) is 5.95. The second-order valence-corrected chi connectivity index (χ2v) is 5.73. The van der Waals surface area contributed by atoms with Gasteiger partial charge in [0.1, 0.15) is 0 Å². The highest BCUT2D eigenvalue weighted by Crippen LogP contribution is 2.33. The second kappa shape index (κ2) is 7.94. The van der Waals surface area contributed by atoms with Crippen molar-refractivity contribution in [2.45, 2.75) is 51.2 Å². The molecule has 120 valence electrons. The van der Waals surface area contributed by atoms with Crippen LogP contribution < -0.4 is 5.32 Å². The largest absolute Gasteiger partial charge is 0.442 e. The summed E-state index contributed by atoms with van der Waals surface area (Å²) in [7, 11) is 0. The first-order valence-corrected chi connectivity index (χ1v) is 7.70. The lowest BCUT2D eigenvalue weighted by Crippen LogP contribution is -2.45. The lowest BCUT2D eigenvalue weighted by molar-refractivity contribution is -0.180. The number of aryl methyl sites for hydroxylation is 1. The molecule has 0 aliphatic heterocycles. The van der Waals surface area contributed by atoms with Crippen LogP contribution in [0.3, 0.4) is 0 Å². The minimum absolute atomic E-state index is 0.113. The van der Waals surface area contributed by atoms with E-state index in [4.69, 9.17) is 9.47 Å². The Hall–Kier alpha value is -1.88. The van der Waals surface area contributed by atoms with Gasteiger partial charge in [-0.3, -0.25) is 4.79 Å². The van der Waals surface area contributed by atoms with Gasteiger partial charge in [0.15, 0.2) is 12.3 Å². The Bertz CT molecular complexity index is 492. The van der Waals surface area contributed by atoms with E-state index < -0.39 is 5.60 Å². The Morgan fingerprint density at radius 1 is 1.23 bits per heavy atom. The van der Waals surface area contributed by atoms with Crippen molar-refractivity contribution in [3.63, 3.8) is 0 Å². The molecule has 1 aliphatic rings. The van der Waals surface area contributed by atoms with Gasteiger partial charge in [-0.05, 0) is 38.2 Å². The number of amides is 1. The van der Waals surface area contributed by atoms with Crippen molar-refractivity contribution in [3.8, 4) is 0 Å². The van der Waals surface area contributed by atoms with Crippen LogP contribution in [0.15, 0.2) is 24.3 Å². The Labute approximate surface area is 131 Å². The van der Waals surface area contributed by atoms with E-state index in [1.165, 1.54) is 5.56 Å². The maximum Gasteiger partial charge on any atom is 0.340 e. The zero-order chi connectivity index (χ0) is 15.8. The molecule has 1 aromatic rings. The molecule has 0 aromatic heterocycles. The third-order valence-electron chi connectivity index (χ3n) is 4.04. The Balaban J connectivity index is 1.99. The summed E-state index contributed by atoms with van der Waals surface area (Å²) in [5.41, 5.74) is 1.35. The van der Waals surface area contributed by atoms with Crippen molar-refractivity contribution in [3.05, 3.63) is 35.4 Å². The van der Waals surface area contributed by atoms with Gasteiger partial charge in [-0.1, -0.05) is 36.2 Å². The molecule has 0 spiro atoms. The van der Waals surface area contributed by atoms with Gasteiger partial charge in [0, 0.05) is 0 Å². The monoisotopic (exact) mass is 305 g/mol. The normalized spacial score (nSPS) is 16.8. The van der Waals surface area contributed by atoms with E-state index in [2.05, 4.69) is 5.32 Å². The van der Waals surface area contributed by atoms with Crippen molar-refractivity contribution in [1.82, 2.24) is 5.32 Å². The van der Waals surface area contributed by atoms with Crippen LogP contribution in [0.2, 0.25) is 0 Å². The van der Waals surface area contributed by atoms with Crippen LogP contribution in [0, 0.1) is 6.92 Å². The zero-order valence-corrected chi connectivity index (χ0v) is 13.0. The van der Waals surface area contributed by atoms with Crippen LogP contribution in [0.1, 0.15) is 43.2 Å². The third kappa shape index (κ3) is 4.31. The van der Waals surface area contributed by atoms with Crippen LogP contribution in [0.25, 0.3) is 0 Å². The van der Waals surface area contributed by atoms with Crippen molar-refractivity contribution >= 4 is 12.4 Å². The highest BCUT2D eigenvalue weighted by molar-refractivity contribution is 5.79. The fraction of sp³-hybridized carbons (Fsp3) is 0.529. The summed E-state index contributed by atoms with van der Waals surface area (Å²) in [4.78, 5) is 22.6. The molecule has 0 heterocycles.